The summed E-state index contributed by atoms with van der Waals surface area (Å²) >= 11 is 7.83. The van der Waals surface area contributed by atoms with Crippen molar-refractivity contribution in [2.45, 2.75) is 128 Å². The number of sulfone groups is 2. The molecule has 546 valence electrons. The minimum Gasteiger partial charge on any atom is -0.261 e. The van der Waals surface area contributed by atoms with Crippen LogP contribution < -0.4 is 0 Å². The molecule has 0 atom stereocenters. The zero-order valence-electron chi connectivity index (χ0n) is 59.3. The molecule has 20 heteroatoms. The van der Waals surface area contributed by atoms with E-state index in [4.69, 9.17) is 19.9 Å². The number of thiazole rings is 4. The molecule has 0 spiro atoms. The molecule has 0 saturated carbocycles. The van der Waals surface area contributed by atoms with Crippen LogP contribution in [0.4, 0.5) is 0 Å². The maximum Gasteiger partial charge on any atom is 0.191 e. The Labute approximate surface area is 650 Å². The minimum absolute atomic E-state index is 0. The van der Waals surface area contributed by atoms with Crippen LogP contribution in [0.2, 0.25) is 0 Å². The van der Waals surface area contributed by atoms with E-state index in [1.807, 2.05) is 120 Å². The van der Waals surface area contributed by atoms with Crippen molar-refractivity contribution in [1.29, 1.82) is 0 Å². The maximum atomic E-state index is 13.1. The summed E-state index contributed by atoms with van der Waals surface area (Å²) in [7, 11) is -6.83. The van der Waals surface area contributed by atoms with Gasteiger partial charge in [-0.2, -0.15) is 0 Å². The van der Waals surface area contributed by atoms with Gasteiger partial charge < -0.3 is 0 Å². The van der Waals surface area contributed by atoms with Gasteiger partial charge in [0.05, 0.1) is 44.7 Å². The molecule has 0 aliphatic heterocycles. The highest BCUT2D eigenvalue weighted by Crippen LogP contribution is 2.35. The standard InChI is InChI=1S/C27H23N3O2S2.C22H20N2O2S3.2C18H18N2S.2CH4/c1-2-5-23-16-22(13-15-28-23)27-30-24(17-33-27)20-11-9-19(10-12-20)18-34(31,32)25-8-3-6-21-7-4-14-29-26(21)25;1-2-4-19-13-18(10-11-23-19)22-24-20(14-28-22)17-8-6-16(7-9-17)15-29(25,26)21-5-3-12-27-21;2*1-3-4-16-11-15(9-10-19-16)18-20-17(12-21-18)14-7-5-13(2)6-8-14;;/h3-4,6-17H,2,5,18H2,1H3;3,5-14H,2,4,15H2,1H3;2*5-12H,3-4H2,1-2H3;2*1H4. The van der Waals surface area contributed by atoms with Crippen LogP contribution in [0.25, 0.3) is 98.2 Å². The topological polar surface area (TPSA) is 184 Å². The van der Waals surface area contributed by atoms with Crippen molar-refractivity contribution >= 4 is 87.3 Å². The predicted octanol–water partition coefficient (Wildman–Crippen LogP) is 23.7. The van der Waals surface area contributed by atoms with Crippen molar-refractivity contribution < 1.29 is 16.8 Å². The fraction of sp³-hybridized carbons (Fsp3) is 0.207. The molecule has 15 rings (SSSR count). The van der Waals surface area contributed by atoms with Gasteiger partial charge in [-0.15, -0.1) is 56.7 Å². The fourth-order valence-electron chi connectivity index (χ4n) is 11.5. The molecular formula is C87H87N9O4S7. The lowest BCUT2D eigenvalue weighted by atomic mass is 10.1. The van der Waals surface area contributed by atoms with Gasteiger partial charge in [0, 0.05) is 125 Å². The smallest absolute Gasteiger partial charge is 0.191 e. The molecule has 0 radical (unpaired) electrons. The Morgan fingerprint density at radius 3 is 1.00 bits per heavy atom. The first-order valence-corrected chi connectivity index (χ1v) is 42.6. The Bertz CT molecular complexity index is 5430. The van der Waals surface area contributed by atoms with Crippen LogP contribution in [-0.2, 0) is 56.9 Å². The molecule has 107 heavy (non-hydrogen) atoms. The molecular weight excluding hydrogens is 1460 g/mol. The number of thiophene rings is 1. The third-order valence-electron chi connectivity index (χ3n) is 16.9. The van der Waals surface area contributed by atoms with Gasteiger partial charge in [-0.1, -0.05) is 201 Å². The maximum absolute atomic E-state index is 13.1. The zero-order valence-corrected chi connectivity index (χ0v) is 65.0. The summed E-state index contributed by atoms with van der Waals surface area (Å²) in [6.45, 7) is 12.8. The highest BCUT2D eigenvalue weighted by atomic mass is 32.2. The third kappa shape index (κ3) is 21.3. The number of nitrogens with zero attached hydrogens (tertiary/aromatic N) is 9. The van der Waals surface area contributed by atoms with E-state index in [-0.39, 0.29) is 31.3 Å². The van der Waals surface area contributed by atoms with E-state index in [9.17, 15) is 16.8 Å². The van der Waals surface area contributed by atoms with Crippen molar-refractivity contribution in [3.8, 4) is 87.3 Å². The molecule has 0 unspecified atom stereocenters. The first kappa shape index (κ1) is 79.8. The molecule has 10 aromatic heterocycles. The second-order valence-electron chi connectivity index (χ2n) is 25.2. The van der Waals surface area contributed by atoms with E-state index in [0.29, 0.717) is 9.73 Å². The number of hydrogen-bond acceptors (Lipinski definition) is 18. The number of pyridine rings is 5. The van der Waals surface area contributed by atoms with Crippen molar-refractivity contribution in [1.82, 2.24) is 44.9 Å². The SMILES string of the molecule is C.C.CCCc1cc(-c2nc(-c3ccc(C)cc3)cs2)ccn1.CCCc1cc(-c2nc(-c3ccc(C)cc3)cs2)ccn1.CCCc1cc(-c2nc(-c3ccc(CS(=O)(=O)c4cccc5cccnc45)cc3)cs2)ccn1.CCCc1cc(-c2nc(-c3ccc(CS(=O)(=O)c4cccs4)cc3)cs2)ccn1. The molecule has 13 nitrogen and oxygen atoms in total. The van der Waals surface area contributed by atoms with Gasteiger partial charge in [0.25, 0.3) is 0 Å². The molecule has 0 bridgehead atoms. The lowest BCUT2D eigenvalue weighted by molar-refractivity contribution is 0.594. The summed E-state index contributed by atoms with van der Waals surface area (Å²) in [4.78, 5) is 41.3. The lowest BCUT2D eigenvalue weighted by Crippen LogP contribution is -2.06. The number of aryl methyl sites for hydroxylation is 6. The van der Waals surface area contributed by atoms with E-state index in [1.165, 1.54) is 33.6 Å². The van der Waals surface area contributed by atoms with Gasteiger partial charge in [0.1, 0.15) is 24.2 Å². The molecule has 0 fully saturated rings. The quantitative estimate of drug-likeness (QED) is 0.0625. The molecule has 10 heterocycles. The Morgan fingerprint density at radius 2 is 0.664 bits per heavy atom. The number of fused-ring (bicyclic) bond motifs is 1. The Hall–Kier alpha value is -9.77. The molecule has 5 aromatic carbocycles. The van der Waals surface area contributed by atoms with Crippen LogP contribution in [0.3, 0.4) is 0 Å². The highest BCUT2D eigenvalue weighted by Gasteiger charge is 2.21. The number of aromatic nitrogens is 9. The summed E-state index contributed by atoms with van der Waals surface area (Å²) in [6, 6.07) is 61.1. The summed E-state index contributed by atoms with van der Waals surface area (Å²) in [5, 5.41) is 14.9. The van der Waals surface area contributed by atoms with E-state index < -0.39 is 19.7 Å². The molecule has 0 amide bonds. The Balaban J connectivity index is 0.000000155. The van der Waals surface area contributed by atoms with Crippen molar-refractivity contribution in [3.63, 3.8) is 0 Å². The van der Waals surface area contributed by atoms with Crippen LogP contribution in [0.15, 0.2) is 255 Å². The van der Waals surface area contributed by atoms with Crippen LogP contribution in [0.1, 0.15) is 113 Å². The summed E-state index contributed by atoms with van der Waals surface area (Å²) < 4.78 is 51.6. The largest absolute Gasteiger partial charge is 0.261 e. The normalized spacial score (nSPS) is 11.1. The molecule has 0 saturated heterocycles. The summed E-state index contributed by atoms with van der Waals surface area (Å²) in [6.07, 6.45) is 17.3. The van der Waals surface area contributed by atoms with Gasteiger partial charge in [-0.3, -0.25) is 24.9 Å². The van der Waals surface area contributed by atoms with Crippen molar-refractivity contribution in [2.75, 3.05) is 0 Å². The first-order chi connectivity index (χ1) is 51.1. The van der Waals surface area contributed by atoms with Crippen LogP contribution in [0, 0.1) is 13.8 Å². The summed E-state index contributed by atoms with van der Waals surface area (Å²) in [5.74, 6) is -0.0736. The molecule has 15 aromatic rings. The van der Waals surface area contributed by atoms with Crippen LogP contribution in [-0.4, -0.2) is 61.7 Å². The second-order valence-corrected chi connectivity index (χ2v) is 33.8. The monoisotopic (exact) mass is 1550 g/mol. The average molecular weight is 1550 g/mol. The number of para-hydroxylation sites is 1. The Morgan fingerprint density at radius 1 is 0.327 bits per heavy atom. The van der Waals surface area contributed by atoms with Gasteiger partial charge in [-0.05, 0) is 123 Å². The van der Waals surface area contributed by atoms with Crippen LogP contribution >= 0.6 is 56.7 Å². The third-order valence-corrected chi connectivity index (χ3v) is 25.4. The van der Waals surface area contributed by atoms with E-state index in [0.717, 1.165) is 167 Å². The lowest BCUT2D eigenvalue weighted by Gasteiger charge is -2.08. The first-order valence-electron chi connectivity index (χ1n) is 34.9. The minimum atomic E-state index is -3.54. The number of hydrogen-bond donors (Lipinski definition) is 0. The zero-order chi connectivity index (χ0) is 73.1. The predicted molar refractivity (Wildman–Crippen MR) is 450 cm³/mol. The van der Waals surface area contributed by atoms with Gasteiger partial charge in [0.15, 0.2) is 19.7 Å². The van der Waals surface area contributed by atoms with Gasteiger partial charge in [0.2, 0.25) is 0 Å². The number of rotatable bonds is 22. The Kier molecular flexibility index (Phi) is 28.5. The molecule has 0 aliphatic rings. The van der Waals surface area contributed by atoms with Crippen molar-refractivity contribution in [3.05, 3.63) is 291 Å². The fourth-order valence-corrected chi connectivity index (χ4v) is 18.8. The average Bonchev–Trinajstić information content (AvgIpc) is 1.78. The van der Waals surface area contributed by atoms with E-state index in [1.54, 1.807) is 87.3 Å². The van der Waals surface area contributed by atoms with Crippen LogP contribution in [0.5, 0.6) is 0 Å². The van der Waals surface area contributed by atoms with E-state index >= 15 is 0 Å². The summed E-state index contributed by atoms with van der Waals surface area (Å²) in [5.41, 5.74) is 21.6. The van der Waals surface area contributed by atoms with Crippen molar-refractivity contribution in [2.24, 2.45) is 0 Å². The van der Waals surface area contributed by atoms with E-state index in [2.05, 4.69) is 150 Å². The highest BCUT2D eigenvalue weighted by molar-refractivity contribution is 7.92. The van der Waals surface area contributed by atoms with Gasteiger partial charge >= 0.3 is 0 Å². The number of benzene rings is 5. The second kappa shape index (κ2) is 38.2. The van der Waals surface area contributed by atoms with Gasteiger partial charge in [-0.25, -0.2) is 36.8 Å². The molecule has 0 aliphatic carbocycles. The molecule has 0 N–H and O–H groups in total.